The minimum Gasteiger partial charge on any atom is -0.483 e. The Labute approximate surface area is 128 Å². The van der Waals surface area contributed by atoms with Gasteiger partial charge in [0.25, 0.3) is 0 Å². The summed E-state index contributed by atoms with van der Waals surface area (Å²) in [4.78, 5) is 7.57. The van der Waals surface area contributed by atoms with Crippen LogP contribution in [-0.4, -0.2) is 9.97 Å². The van der Waals surface area contributed by atoms with E-state index in [4.69, 9.17) is 4.74 Å². The molecule has 0 aliphatic carbocycles. The zero-order valence-electron chi connectivity index (χ0n) is 12.3. The van der Waals surface area contributed by atoms with Gasteiger partial charge in [-0.2, -0.15) is 0 Å². The summed E-state index contributed by atoms with van der Waals surface area (Å²) in [7, 11) is 0. The standard InChI is InChI=1S/C18H17FN2O/c1-3-6-13-7-4-5-8-17(13)22-12(2)18-20-15-10-9-14(19)11-16(15)21-18/h3-5,7-12H,1,6H2,2H3,(H,20,21)/t12-/m0/s1. The molecule has 3 rings (SSSR count). The fourth-order valence-electron chi connectivity index (χ4n) is 2.38. The number of rotatable bonds is 5. The molecule has 1 aromatic heterocycles. The highest BCUT2D eigenvalue weighted by Crippen LogP contribution is 2.26. The van der Waals surface area contributed by atoms with Crippen LogP contribution < -0.4 is 4.74 Å². The van der Waals surface area contributed by atoms with Gasteiger partial charge in [0, 0.05) is 0 Å². The number of hydrogen-bond donors (Lipinski definition) is 1. The molecule has 112 valence electrons. The molecule has 2 aromatic carbocycles. The quantitative estimate of drug-likeness (QED) is 0.700. The largest absolute Gasteiger partial charge is 0.483 e. The van der Waals surface area contributed by atoms with Gasteiger partial charge in [-0.1, -0.05) is 24.3 Å². The number of ether oxygens (including phenoxy) is 1. The highest BCUT2D eigenvalue weighted by atomic mass is 19.1. The fraction of sp³-hybridized carbons (Fsp3) is 0.167. The first-order valence-corrected chi connectivity index (χ1v) is 7.18. The Balaban J connectivity index is 1.86. The van der Waals surface area contributed by atoms with Crippen molar-refractivity contribution in [3.63, 3.8) is 0 Å². The number of benzene rings is 2. The lowest BCUT2D eigenvalue weighted by Crippen LogP contribution is -2.06. The van der Waals surface area contributed by atoms with Gasteiger partial charge in [-0.15, -0.1) is 6.58 Å². The van der Waals surface area contributed by atoms with Crippen molar-refractivity contribution >= 4 is 11.0 Å². The summed E-state index contributed by atoms with van der Waals surface area (Å²) < 4.78 is 19.3. The van der Waals surface area contributed by atoms with E-state index in [1.165, 1.54) is 12.1 Å². The number of H-pyrrole nitrogens is 1. The van der Waals surface area contributed by atoms with Crippen LogP contribution in [0.1, 0.15) is 24.4 Å². The molecule has 0 unspecified atom stereocenters. The molecular formula is C18H17FN2O. The number of aromatic nitrogens is 2. The van der Waals surface area contributed by atoms with Crippen molar-refractivity contribution in [2.24, 2.45) is 0 Å². The van der Waals surface area contributed by atoms with Crippen molar-refractivity contribution in [1.82, 2.24) is 9.97 Å². The second-order valence-electron chi connectivity index (χ2n) is 5.14. The third-order valence-corrected chi connectivity index (χ3v) is 3.49. The van der Waals surface area contributed by atoms with Crippen molar-refractivity contribution in [3.05, 3.63) is 72.3 Å². The Hall–Kier alpha value is -2.62. The lowest BCUT2D eigenvalue weighted by molar-refractivity contribution is 0.216. The van der Waals surface area contributed by atoms with Crippen LogP contribution in [-0.2, 0) is 6.42 Å². The Kier molecular flexibility index (Phi) is 3.92. The van der Waals surface area contributed by atoms with Crippen molar-refractivity contribution in [3.8, 4) is 5.75 Å². The molecule has 22 heavy (non-hydrogen) atoms. The zero-order chi connectivity index (χ0) is 15.5. The molecular weight excluding hydrogens is 279 g/mol. The maximum Gasteiger partial charge on any atom is 0.153 e. The van der Waals surface area contributed by atoms with Crippen molar-refractivity contribution < 1.29 is 9.13 Å². The summed E-state index contributed by atoms with van der Waals surface area (Å²) in [6, 6.07) is 12.3. The molecule has 0 amide bonds. The monoisotopic (exact) mass is 296 g/mol. The van der Waals surface area contributed by atoms with Crippen LogP contribution in [0.5, 0.6) is 5.75 Å². The topological polar surface area (TPSA) is 37.9 Å². The molecule has 0 fully saturated rings. The molecule has 0 aliphatic rings. The van der Waals surface area contributed by atoms with Gasteiger partial charge in [-0.05, 0) is 43.2 Å². The van der Waals surface area contributed by atoms with Gasteiger partial charge >= 0.3 is 0 Å². The molecule has 3 aromatic rings. The Bertz CT molecular complexity index is 810. The smallest absolute Gasteiger partial charge is 0.153 e. The molecule has 3 nitrogen and oxygen atoms in total. The Morgan fingerprint density at radius 3 is 2.95 bits per heavy atom. The van der Waals surface area contributed by atoms with Crippen LogP contribution in [0.25, 0.3) is 11.0 Å². The SMILES string of the molecule is C=CCc1ccccc1O[C@@H](C)c1nc2ccc(F)cc2[nH]1. The lowest BCUT2D eigenvalue weighted by atomic mass is 10.1. The highest BCUT2D eigenvalue weighted by molar-refractivity contribution is 5.75. The van der Waals surface area contributed by atoms with Gasteiger partial charge in [0.1, 0.15) is 17.4 Å². The Morgan fingerprint density at radius 1 is 1.32 bits per heavy atom. The minimum atomic E-state index is -0.285. The number of imidazole rings is 1. The van der Waals surface area contributed by atoms with Crippen LogP contribution in [0.15, 0.2) is 55.1 Å². The third-order valence-electron chi connectivity index (χ3n) is 3.49. The summed E-state index contributed by atoms with van der Waals surface area (Å²) in [5, 5.41) is 0. The molecule has 0 spiro atoms. The van der Waals surface area contributed by atoms with Crippen molar-refractivity contribution in [1.29, 1.82) is 0 Å². The zero-order valence-corrected chi connectivity index (χ0v) is 12.3. The second-order valence-corrected chi connectivity index (χ2v) is 5.14. The van der Waals surface area contributed by atoms with E-state index in [1.807, 2.05) is 37.3 Å². The summed E-state index contributed by atoms with van der Waals surface area (Å²) in [5.74, 6) is 1.20. The molecule has 1 N–H and O–H groups in total. The molecule has 0 saturated heterocycles. The van der Waals surface area contributed by atoms with Crippen molar-refractivity contribution in [2.45, 2.75) is 19.4 Å². The second kappa shape index (κ2) is 6.02. The maximum absolute atomic E-state index is 13.2. The number of halogens is 1. The van der Waals surface area contributed by atoms with E-state index >= 15 is 0 Å². The third kappa shape index (κ3) is 2.86. The van der Waals surface area contributed by atoms with E-state index < -0.39 is 0 Å². The van der Waals surface area contributed by atoms with Crippen molar-refractivity contribution in [2.75, 3.05) is 0 Å². The summed E-state index contributed by atoms with van der Waals surface area (Å²) in [5.41, 5.74) is 2.47. The lowest BCUT2D eigenvalue weighted by Gasteiger charge is -2.15. The van der Waals surface area contributed by atoms with Crippen LogP contribution in [0.4, 0.5) is 4.39 Å². The Morgan fingerprint density at radius 2 is 2.14 bits per heavy atom. The number of allylic oxidation sites excluding steroid dienone is 1. The van der Waals surface area contributed by atoms with E-state index in [2.05, 4.69) is 16.5 Å². The first-order valence-electron chi connectivity index (χ1n) is 7.18. The van der Waals surface area contributed by atoms with Gasteiger partial charge in [0.15, 0.2) is 6.10 Å². The predicted molar refractivity (Wildman–Crippen MR) is 85.4 cm³/mol. The first-order chi connectivity index (χ1) is 10.7. The van der Waals surface area contributed by atoms with Crippen LogP contribution in [0.3, 0.4) is 0 Å². The molecule has 1 atom stereocenters. The van der Waals surface area contributed by atoms with E-state index in [9.17, 15) is 4.39 Å². The average molecular weight is 296 g/mol. The van der Waals surface area contributed by atoms with E-state index in [1.54, 1.807) is 6.07 Å². The minimum absolute atomic E-state index is 0.263. The van der Waals surface area contributed by atoms with Gasteiger partial charge in [-0.25, -0.2) is 9.37 Å². The first kappa shape index (κ1) is 14.3. The molecule has 1 heterocycles. The molecule has 0 aliphatic heterocycles. The maximum atomic E-state index is 13.2. The number of nitrogens with one attached hydrogen (secondary N) is 1. The van der Waals surface area contributed by atoms with Gasteiger partial charge in [0.2, 0.25) is 0 Å². The van der Waals surface area contributed by atoms with Gasteiger partial charge in [0.05, 0.1) is 11.0 Å². The van der Waals surface area contributed by atoms with Gasteiger partial charge in [-0.3, -0.25) is 0 Å². The molecule has 4 heteroatoms. The number of nitrogens with zero attached hydrogens (tertiary/aromatic N) is 1. The number of hydrogen-bond acceptors (Lipinski definition) is 2. The van der Waals surface area contributed by atoms with Crippen LogP contribution in [0.2, 0.25) is 0 Å². The molecule has 0 saturated carbocycles. The highest BCUT2D eigenvalue weighted by Gasteiger charge is 2.14. The van der Waals surface area contributed by atoms with Crippen LogP contribution >= 0.6 is 0 Å². The van der Waals surface area contributed by atoms with E-state index in [0.717, 1.165) is 23.3 Å². The van der Waals surface area contributed by atoms with E-state index in [-0.39, 0.29) is 11.9 Å². The molecule has 0 radical (unpaired) electrons. The average Bonchev–Trinajstić information content (AvgIpc) is 2.92. The number of aromatic amines is 1. The number of fused-ring (bicyclic) bond motifs is 1. The van der Waals surface area contributed by atoms with Gasteiger partial charge < -0.3 is 9.72 Å². The van der Waals surface area contributed by atoms with E-state index in [0.29, 0.717) is 11.3 Å². The normalized spacial score (nSPS) is 12.3. The van der Waals surface area contributed by atoms with Crippen LogP contribution in [0, 0.1) is 5.82 Å². The molecule has 0 bridgehead atoms. The summed E-state index contributed by atoms with van der Waals surface area (Å²) in [6.07, 6.45) is 2.33. The number of para-hydroxylation sites is 1. The fourth-order valence-corrected chi connectivity index (χ4v) is 2.38. The summed E-state index contributed by atoms with van der Waals surface area (Å²) in [6.45, 7) is 5.68. The summed E-state index contributed by atoms with van der Waals surface area (Å²) >= 11 is 0. The predicted octanol–water partition coefficient (Wildman–Crippen LogP) is 4.57.